The van der Waals surface area contributed by atoms with E-state index in [2.05, 4.69) is 24.5 Å². The normalized spacial score (nSPS) is 22.6. The van der Waals surface area contributed by atoms with Gasteiger partial charge >= 0.3 is 0 Å². The Bertz CT molecular complexity index is 289. The van der Waals surface area contributed by atoms with Crippen LogP contribution in [0.4, 0.5) is 0 Å². The summed E-state index contributed by atoms with van der Waals surface area (Å²) in [6.07, 6.45) is 8.46. The molecule has 2 N–H and O–H groups in total. The molecule has 110 valence electrons. The lowest BCUT2D eigenvalue weighted by Gasteiger charge is -2.32. The van der Waals surface area contributed by atoms with Gasteiger partial charge in [0.25, 0.3) is 0 Å². The predicted molar refractivity (Wildman–Crippen MR) is 79.0 cm³/mol. The molecule has 0 unspecified atom stereocenters. The second-order valence-corrected chi connectivity index (χ2v) is 7.14. The van der Waals surface area contributed by atoms with Gasteiger partial charge in [0.05, 0.1) is 0 Å². The molecule has 3 heteroatoms. The van der Waals surface area contributed by atoms with E-state index in [1.807, 2.05) is 0 Å². The molecule has 0 aromatic carbocycles. The van der Waals surface area contributed by atoms with E-state index in [1.54, 1.807) is 0 Å². The Morgan fingerprint density at radius 1 is 1.16 bits per heavy atom. The van der Waals surface area contributed by atoms with Gasteiger partial charge in [-0.25, -0.2) is 0 Å². The van der Waals surface area contributed by atoms with Gasteiger partial charge in [0.15, 0.2) is 0 Å². The van der Waals surface area contributed by atoms with Crippen LogP contribution in [0.15, 0.2) is 0 Å². The third kappa shape index (κ3) is 4.48. The average Bonchev–Trinajstić information content (AvgIpc) is 2.92. The van der Waals surface area contributed by atoms with Gasteiger partial charge in [-0.1, -0.05) is 26.7 Å². The zero-order valence-electron chi connectivity index (χ0n) is 12.6. The molecule has 1 aliphatic heterocycles. The van der Waals surface area contributed by atoms with Crippen LogP contribution in [0.25, 0.3) is 0 Å². The van der Waals surface area contributed by atoms with Gasteiger partial charge in [0.1, 0.15) is 0 Å². The van der Waals surface area contributed by atoms with Crippen molar-refractivity contribution in [3.05, 3.63) is 0 Å². The van der Waals surface area contributed by atoms with E-state index in [0.717, 1.165) is 44.8 Å². The molecule has 1 heterocycles. The molecular weight excluding hydrogens is 236 g/mol. The zero-order chi connectivity index (χ0) is 13.7. The molecule has 0 radical (unpaired) electrons. The Morgan fingerprint density at radius 2 is 1.79 bits per heavy atom. The Morgan fingerprint density at radius 3 is 2.42 bits per heavy atom. The van der Waals surface area contributed by atoms with Crippen molar-refractivity contribution in [1.29, 1.82) is 0 Å². The van der Waals surface area contributed by atoms with E-state index < -0.39 is 0 Å². The number of hydrogen-bond donors (Lipinski definition) is 2. The summed E-state index contributed by atoms with van der Waals surface area (Å²) in [7, 11) is 0. The largest absolute Gasteiger partial charge is 0.356 e. The third-order valence-electron chi connectivity index (χ3n) is 5.13. The van der Waals surface area contributed by atoms with Crippen molar-refractivity contribution in [2.24, 2.45) is 17.3 Å². The summed E-state index contributed by atoms with van der Waals surface area (Å²) in [4.78, 5) is 12.0. The van der Waals surface area contributed by atoms with Gasteiger partial charge in [-0.05, 0) is 56.0 Å². The zero-order valence-corrected chi connectivity index (χ0v) is 12.6. The number of amides is 1. The maximum Gasteiger partial charge on any atom is 0.220 e. The highest BCUT2D eigenvalue weighted by Crippen LogP contribution is 2.39. The molecule has 0 spiro atoms. The van der Waals surface area contributed by atoms with E-state index in [1.165, 1.54) is 25.7 Å². The first-order chi connectivity index (χ1) is 9.08. The molecule has 1 saturated carbocycles. The number of nitrogens with one attached hydrogen (secondary N) is 2. The minimum atomic E-state index is 0.262. The maximum absolute atomic E-state index is 12.0. The molecule has 2 fully saturated rings. The number of carbonyl (C=O) groups is 1. The molecule has 1 saturated heterocycles. The molecule has 3 nitrogen and oxygen atoms in total. The SMILES string of the molecule is CC(C)(CNC(=O)CC1CCNCC1)C1CCCC1. The van der Waals surface area contributed by atoms with Crippen molar-refractivity contribution >= 4 is 5.91 Å². The fraction of sp³-hybridized carbons (Fsp3) is 0.938. The lowest BCUT2D eigenvalue weighted by molar-refractivity contribution is -0.122. The van der Waals surface area contributed by atoms with Crippen LogP contribution in [-0.2, 0) is 4.79 Å². The highest BCUT2D eigenvalue weighted by atomic mass is 16.1. The van der Waals surface area contributed by atoms with Crippen molar-refractivity contribution in [3.63, 3.8) is 0 Å². The van der Waals surface area contributed by atoms with Crippen LogP contribution in [0, 0.1) is 17.3 Å². The molecular formula is C16H30N2O. The first-order valence-electron chi connectivity index (χ1n) is 8.05. The minimum Gasteiger partial charge on any atom is -0.356 e. The summed E-state index contributed by atoms with van der Waals surface area (Å²) >= 11 is 0. The van der Waals surface area contributed by atoms with Gasteiger partial charge in [-0.3, -0.25) is 4.79 Å². The summed E-state index contributed by atoms with van der Waals surface area (Å²) in [6, 6.07) is 0. The first kappa shape index (κ1) is 14.8. The average molecular weight is 266 g/mol. The minimum absolute atomic E-state index is 0.262. The number of piperidine rings is 1. The van der Waals surface area contributed by atoms with Crippen LogP contribution in [0.1, 0.15) is 58.8 Å². The summed E-state index contributed by atoms with van der Waals surface area (Å²) in [5, 5.41) is 6.54. The van der Waals surface area contributed by atoms with Gasteiger partial charge in [0.2, 0.25) is 5.91 Å². The maximum atomic E-state index is 12.0. The van der Waals surface area contributed by atoms with Crippen molar-refractivity contribution in [1.82, 2.24) is 10.6 Å². The van der Waals surface area contributed by atoms with Crippen LogP contribution in [0.2, 0.25) is 0 Å². The van der Waals surface area contributed by atoms with Crippen molar-refractivity contribution in [2.45, 2.75) is 58.8 Å². The number of hydrogen-bond acceptors (Lipinski definition) is 2. The molecule has 1 aliphatic carbocycles. The second kappa shape index (κ2) is 6.74. The van der Waals surface area contributed by atoms with Crippen molar-refractivity contribution < 1.29 is 4.79 Å². The summed E-state index contributed by atoms with van der Waals surface area (Å²) in [5.41, 5.74) is 0.264. The quantitative estimate of drug-likeness (QED) is 0.803. The first-order valence-corrected chi connectivity index (χ1v) is 8.05. The standard InChI is InChI=1S/C16H30N2O/c1-16(2,14-5-3-4-6-14)12-18-15(19)11-13-7-9-17-10-8-13/h13-14,17H,3-12H2,1-2H3,(H,18,19). The van der Waals surface area contributed by atoms with Crippen LogP contribution >= 0.6 is 0 Å². The highest BCUT2D eigenvalue weighted by Gasteiger charge is 2.32. The lowest BCUT2D eigenvalue weighted by atomic mass is 9.77. The van der Waals surface area contributed by atoms with Crippen LogP contribution in [-0.4, -0.2) is 25.5 Å². The number of carbonyl (C=O) groups excluding carboxylic acids is 1. The lowest BCUT2D eigenvalue weighted by Crippen LogP contribution is -2.39. The number of rotatable bonds is 5. The van der Waals surface area contributed by atoms with Crippen molar-refractivity contribution in [2.75, 3.05) is 19.6 Å². The molecule has 0 bridgehead atoms. The van der Waals surface area contributed by atoms with Gasteiger partial charge in [-0.15, -0.1) is 0 Å². The van der Waals surface area contributed by atoms with Gasteiger partial charge < -0.3 is 10.6 Å². The highest BCUT2D eigenvalue weighted by molar-refractivity contribution is 5.76. The topological polar surface area (TPSA) is 41.1 Å². The van der Waals surface area contributed by atoms with Crippen LogP contribution in [0.5, 0.6) is 0 Å². The fourth-order valence-corrected chi connectivity index (χ4v) is 3.60. The Hall–Kier alpha value is -0.570. The Kier molecular flexibility index (Phi) is 5.26. The molecule has 0 aromatic rings. The van der Waals surface area contributed by atoms with E-state index >= 15 is 0 Å². The molecule has 0 aromatic heterocycles. The van der Waals surface area contributed by atoms with Gasteiger partial charge in [-0.2, -0.15) is 0 Å². The third-order valence-corrected chi connectivity index (χ3v) is 5.13. The summed E-state index contributed by atoms with van der Waals surface area (Å²) in [6.45, 7) is 7.63. The predicted octanol–water partition coefficient (Wildman–Crippen LogP) is 2.71. The van der Waals surface area contributed by atoms with E-state index in [9.17, 15) is 4.79 Å². The summed E-state index contributed by atoms with van der Waals surface area (Å²) in [5.74, 6) is 1.65. The van der Waals surface area contributed by atoms with Crippen LogP contribution in [0.3, 0.4) is 0 Å². The van der Waals surface area contributed by atoms with Gasteiger partial charge in [0, 0.05) is 13.0 Å². The second-order valence-electron chi connectivity index (χ2n) is 7.14. The van der Waals surface area contributed by atoms with E-state index in [0.29, 0.717) is 5.92 Å². The monoisotopic (exact) mass is 266 g/mol. The molecule has 19 heavy (non-hydrogen) atoms. The van der Waals surface area contributed by atoms with Crippen molar-refractivity contribution in [3.8, 4) is 0 Å². The molecule has 2 rings (SSSR count). The Labute approximate surface area is 117 Å². The van der Waals surface area contributed by atoms with E-state index in [-0.39, 0.29) is 11.3 Å². The molecule has 2 aliphatic rings. The summed E-state index contributed by atoms with van der Waals surface area (Å²) < 4.78 is 0. The molecule has 1 amide bonds. The smallest absolute Gasteiger partial charge is 0.220 e. The fourth-order valence-electron chi connectivity index (χ4n) is 3.60. The molecule has 0 atom stereocenters. The van der Waals surface area contributed by atoms with E-state index in [4.69, 9.17) is 0 Å². The Balaban J connectivity index is 1.69. The van der Waals surface area contributed by atoms with Crippen LogP contribution < -0.4 is 10.6 Å².